The summed E-state index contributed by atoms with van der Waals surface area (Å²) in [5.41, 5.74) is 2.85. The first-order valence-electron chi connectivity index (χ1n) is 11.5. The van der Waals surface area contributed by atoms with Gasteiger partial charge in [0, 0.05) is 24.3 Å². The summed E-state index contributed by atoms with van der Waals surface area (Å²) >= 11 is 6.37. The summed E-state index contributed by atoms with van der Waals surface area (Å²) in [7, 11) is -3.50. The number of aromatic nitrogens is 1. The number of hydrogen-bond acceptors (Lipinski definition) is 6. The van der Waals surface area contributed by atoms with Gasteiger partial charge in [0.1, 0.15) is 5.16 Å². The lowest BCUT2D eigenvalue weighted by Gasteiger charge is -2.63. The summed E-state index contributed by atoms with van der Waals surface area (Å²) in [6, 6.07) is 9.79. The SMILES string of the molecule is CCOC(=O)N1CCC2(CC1)C1(OP2(=O)OCC)c2ccc(Cl)cc2CCc2cccnc21. The maximum Gasteiger partial charge on any atom is 0.409 e. The number of pyridine rings is 1. The maximum absolute atomic E-state index is 14.2. The Hall–Kier alpha value is -1.92. The Labute approximate surface area is 198 Å². The molecule has 9 heteroatoms. The van der Waals surface area contributed by atoms with Crippen molar-refractivity contribution in [3.63, 3.8) is 0 Å². The smallest absolute Gasteiger partial charge is 0.409 e. The second kappa shape index (κ2) is 8.38. The highest BCUT2D eigenvalue weighted by Crippen LogP contribution is 2.83. The minimum absolute atomic E-state index is 0.277. The van der Waals surface area contributed by atoms with Crippen molar-refractivity contribution in [3.05, 3.63) is 63.9 Å². The molecule has 2 saturated heterocycles. The second-order valence-electron chi connectivity index (χ2n) is 8.72. The summed E-state index contributed by atoms with van der Waals surface area (Å²) in [5.74, 6) is 0. The van der Waals surface area contributed by atoms with Gasteiger partial charge in [0.2, 0.25) is 0 Å². The number of rotatable bonds is 3. The molecule has 3 aliphatic rings. The van der Waals surface area contributed by atoms with E-state index in [4.69, 9.17) is 30.4 Å². The molecule has 0 N–H and O–H groups in total. The summed E-state index contributed by atoms with van der Waals surface area (Å²) in [6.07, 6.45) is 3.90. The highest BCUT2D eigenvalue weighted by molar-refractivity contribution is 7.57. The number of carbonyl (C=O) groups excluding carboxylic acids is 1. The Balaban J connectivity index is 1.68. The van der Waals surface area contributed by atoms with E-state index in [9.17, 15) is 9.36 Å². The lowest BCUT2D eigenvalue weighted by atomic mass is 9.71. The van der Waals surface area contributed by atoms with Crippen LogP contribution < -0.4 is 0 Å². The molecule has 1 amide bonds. The van der Waals surface area contributed by atoms with Crippen LogP contribution in [-0.4, -0.2) is 47.4 Å². The van der Waals surface area contributed by atoms with Crippen LogP contribution in [0.15, 0.2) is 36.5 Å². The summed E-state index contributed by atoms with van der Waals surface area (Å²) in [4.78, 5) is 18.9. The van der Waals surface area contributed by atoms with Crippen LogP contribution in [-0.2, 0) is 36.8 Å². The third kappa shape index (κ3) is 3.20. The average Bonchev–Trinajstić information content (AvgIpc) is 2.95. The van der Waals surface area contributed by atoms with E-state index >= 15 is 0 Å². The molecule has 2 aliphatic heterocycles. The Morgan fingerprint density at radius 3 is 2.67 bits per heavy atom. The molecule has 1 aliphatic carbocycles. The minimum Gasteiger partial charge on any atom is -0.450 e. The monoisotopic (exact) mass is 490 g/mol. The number of nitrogens with zero attached hydrogens (tertiary/aromatic N) is 2. The van der Waals surface area contributed by atoms with Crippen LogP contribution in [0.2, 0.25) is 5.02 Å². The molecule has 3 heterocycles. The number of amides is 1. The zero-order valence-electron chi connectivity index (χ0n) is 18.9. The standard InChI is InChI=1S/C24H28ClN2O5P/c1-3-30-22(28)27-14-11-23(12-15-27)24(32-33(23,29)31-4-2)20-10-9-19(25)16-18(20)8-7-17-6-5-13-26-21(17)24/h5-6,9-10,13,16H,3-4,7-8,11-12,14-15H2,1-2H3. The first-order valence-corrected chi connectivity index (χ1v) is 13.4. The van der Waals surface area contributed by atoms with E-state index in [1.54, 1.807) is 18.0 Å². The molecule has 176 valence electrons. The van der Waals surface area contributed by atoms with E-state index in [-0.39, 0.29) is 12.7 Å². The van der Waals surface area contributed by atoms with Gasteiger partial charge in [-0.05, 0) is 74.4 Å². The van der Waals surface area contributed by atoms with Crippen molar-refractivity contribution >= 4 is 25.3 Å². The predicted molar refractivity (Wildman–Crippen MR) is 125 cm³/mol. The molecule has 1 aromatic heterocycles. The Morgan fingerprint density at radius 2 is 1.94 bits per heavy atom. The predicted octanol–water partition coefficient (Wildman–Crippen LogP) is 5.33. The maximum atomic E-state index is 14.2. The van der Waals surface area contributed by atoms with Crippen LogP contribution in [0.5, 0.6) is 0 Å². The number of likely N-dealkylation sites (tertiary alicyclic amines) is 1. The van der Waals surface area contributed by atoms with Crippen molar-refractivity contribution in [1.29, 1.82) is 0 Å². The van der Waals surface area contributed by atoms with E-state index in [0.29, 0.717) is 37.6 Å². The molecule has 2 unspecified atom stereocenters. The number of carbonyl (C=O) groups is 1. The quantitative estimate of drug-likeness (QED) is 0.541. The zero-order valence-corrected chi connectivity index (χ0v) is 20.5. The molecule has 2 aromatic rings. The number of aryl methyl sites for hydroxylation is 2. The Morgan fingerprint density at radius 1 is 1.18 bits per heavy atom. The van der Waals surface area contributed by atoms with E-state index in [2.05, 4.69) is 6.07 Å². The van der Waals surface area contributed by atoms with Gasteiger partial charge in [0.25, 0.3) is 0 Å². The van der Waals surface area contributed by atoms with Gasteiger partial charge in [-0.2, -0.15) is 0 Å². The van der Waals surface area contributed by atoms with Crippen LogP contribution in [0.3, 0.4) is 0 Å². The fourth-order valence-electron chi connectivity index (χ4n) is 5.76. The van der Waals surface area contributed by atoms with Crippen molar-refractivity contribution < 1.29 is 23.1 Å². The van der Waals surface area contributed by atoms with Crippen molar-refractivity contribution in [1.82, 2.24) is 9.88 Å². The highest BCUT2D eigenvalue weighted by Gasteiger charge is 2.78. The van der Waals surface area contributed by atoms with E-state index in [1.165, 1.54) is 0 Å². The van der Waals surface area contributed by atoms with Gasteiger partial charge in [-0.1, -0.05) is 23.7 Å². The largest absolute Gasteiger partial charge is 0.450 e. The van der Waals surface area contributed by atoms with Gasteiger partial charge in [0.05, 0.1) is 18.9 Å². The van der Waals surface area contributed by atoms with Crippen LogP contribution in [0.4, 0.5) is 4.79 Å². The molecule has 2 fully saturated rings. The molecular weight excluding hydrogens is 463 g/mol. The van der Waals surface area contributed by atoms with Gasteiger partial charge in [-0.25, -0.2) is 4.79 Å². The highest BCUT2D eigenvalue weighted by atomic mass is 35.5. The van der Waals surface area contributed by atoms with Gasteiger partial charge in [-0.15, -0.1) is 0 Å². The van der Waals surface area contributed by atoms with Crippen LogP contribution >= 0.6 is 19.2 Å². The molecule has 1 aromatic carbocycles. The van der Waals surface area contributed by atoms with Crippen molar-refractivity contribution in [3.8, 4) is 0 Å². The number of ether oxygens (including phenoxy) is 1. The van der Waals surface area contributed by atoms with E-state index in [1.807, 2.05) is 31.2 Å². The fraction of sp³-hybridized carbons (Fsp3) is 0.500. The van der Waals surface area contributed by atoms with Crippen LogP contribution in [0.25, 0.3) is 0 Å². The molecule has 5 rings (SSSR count). The summed E-state index contributed by atoms with van der Waals surface area (Å²) in [6.45, 7) is 5.02. The molecule has 0 saturated carbocycles. The van der Waals surface area contributed by atoms with Crippen molar-refractivity contribution in [2.75, 3.05) is 26.3 Å². The molecule has 0 bridgehead atoms. The van der Waals surface area contributed by atoms with Crippen LogP contribution in [0.1, 0.15) is 49.1 Å². The lowest BCUT2D eigenvalue weighted by Crippen LogP contribution is -2.67. The van der Waals surface area contributed by atoms with Crippen LogP contribution in [0, 0.1) is 0 Å². The third-order valence-corrected chi connectivity index (χ3v) is 10.3. The molecule has 2 atom stereocenters. The first-order chi connectivity index (χ1) is 15.9. The third-order valence-electron chi connectivity index (χ3n) is 7.19. The molecule has 0 radical (unpaired) electrons. The summed E-state index contributed by atoms with van der Waals surface area (Å²) < 4.78 is 31.8. The number of benzene rings is 1. The Bertz CT molecular complexity index is 1130. The topological polar surface area (TPSA) is 78.0 Å². The first kappa shape index (κ1) is 22.9. The molecular formula is C24H28ClN2O5P. The van der Waals surface area contributed by atoms with Gasteiger partial charge < -0.3 is 14.2 Å². The second-order valence-corrected chi connectivity index (χ2v) is 11.4. The zero-order chi connectivity index (χ0) is 23.3. The minimum atomic E-state index is -3.50. The number of halogens is 1. The molecule has 2 spiro atoms. The van der Waals surface area contributed by atoms with Gasteiger partial charge in [-0.3, -0.25) is 14.1 Å². The molecule has 33 heavy (non-hydrogen) atoms. The molecule has 7 nitrogen and oxygen atoms in total. The number of piperidine rings is 1. The Kier molecular flexibility index (Phi) is 5.81. The fourth-order valence-corrected chi connectivity index (χ4v) is 8.76. The van der Waals surface area contributed by atoms with Gasteiger partial charge in [0.15, 0.2) is 5.60 Å². The normalized spacial score (nSPS) is 27.4. The number of fused-ring (bicyclic) bond motifs is 5. The van der Waals surface area contributed by atoms with Crippen molar-refractivity contribution in [2.24, 2.45) is 0 Å². The number of hydrogen-bond donors (Lipinski definition) is 0. The van der Waals surface area contributed by atoms with E-state index in [0.717, 1.165) is 35.2 Å². The van der Waals surface area contributed by atoms with E-state index < -0.39 is 18.4 Å². The van der Waals surface area contributed by atoms with Gasteiger partial charge >= 0.3 is 13.7 Å². The van der Waals surface area contributed by atoms with Crippen molar-refractivity contribution in [2.45, 2.75) is 50.3 Å². The lowest BCUT2D eigenvalue weighted by molar-refractivity contribution is -0.0719. The average molecular weight is 491 g/mol. The summed E-state index contributed by atoms with van der Waals surface area (Å²) in [5, 5.41) is -0.184.